The number of benzene rings is 2. The van der Waals surface area contributed by atoms with Crippen molar-refractivity contribution < 1.29 is 9.59 Å². The van der Waals surface area contributed by atoms with Gasteiger partial charge in [0.1, 0.15) is 11.9 Å². The van der Waals surface area contributed by atoms with E-state index in [2.05, 4.69) is 21.6 Å². The van der Waals surface area contributed by atoms with Gasteiger partial charge in [0.2, 0.25) is 11.0 Å². The predicted octanol–water partition coefficient (Wildman–Crippen LogP) is 5.10. The Bertz CT molecular complexity index is 1630. The molecule has 0 fully saturated rings. The van der Waals surface area contributed by atoms with Crippen LogP contribution in [0.2, 0.25) is 5.02 Å². The number of hydrogen-bond donors (Lipinski definition) is 2. The smallest absolute Gasteiger partial charge is 0.234 e. The van der Waals surface area contributed by atoms with Gasteiger partial charge in [-0.15, -0.1) is 10.2 Å². The van der Waals surface area contributed by atoms with Crippen LogP contribution in [-0.4, -0.2) is 27.6 Å². The highest BCUT2D eigenvalue weighted by Gasteiger charge is 2.41. The van der Waals surface area contributed by atoms with Gasteiger partial charge in [0.05, 0.1) is 34.6 Å². The molecule has 1 atom stereocenters. The van der Waals surface area contributed by atoms with Crippen molar-refractivity contribution in [2.75, 3.05) is 16.0 Å². The molecule has 194 valence electrons. The number of hydrogen-bond acceptors (Lipinski definition) is 10. The van der Waals surface area contributed by atoms with Gasteiger partial charge in [-0.2, -0.15) is 10.5 Å². The van der Waals surface area contributed by atoms with Crippen LogP contribution in [0.1, 0.15) is 36.3 Å². The molecule has 3 aromatic rings. The second kappa shape index (κ2) is 11.3. The second-order valence-corrected chi connectivity index (χ2v) is 11.3. The number of aromatic nitrogens is 2. The molecule has 3 N–H and O–H groups in total. The third kappa shape index (κ3) is 5.25. The zero-order valence-electron chi connectivity index (χ0n) is 20.3. The summed E-state index contributed by atoms with van der Waals surface area (Å²) in [4.78, 5) is 27.4. The van der Waals surface area contributed by atoms with Crippen LogP contribution in [0.3, 0.4) is 0 Å². The lowest BCUT2D eigenvalue weighted by Gasteiger charge is -2.38. The van der Waals surface area contributed by atoms with Crippen LogP contribution in [-0.2, 0) is 9.59 Å². The van der Waals surface area contributed by atoms with Crippen molar-refractivity contribution in [1.29, 1.82) is 10.5 Å². The third-order valence-corrected chi connectivity index (χ3v) is 8.61. The summed E-state index contributed by atoms with van der Waals surface area (Å²) in [7, 11) is 0. The molecule has 5 rings (SSSR count). The number of anilines is 2. The standard InChI is InChI=1S/C27H20ClN7O2S2/c28-17-7-3-6-15(11-17)23-18(13-30)25(31)35(20-9-4-10-21(36)24(20)23)26-33-34-27(39-26)38-14-22(37)32-19-8-2-1-5-16(19)12-29/h1-3,5-8,11,23H,4,9-10,14,31H2,(H,32,37). The van der Waals surface area contributed by atoms with Gasteiger partial charge >= 0.3 is 0 Å². The molecule has 39 heavy (non-hydrogen) atoms. The molecule has 0 bridgehead atoms. The lowest BCUT2D eigenvalue weighted by atomic mass is 9.76. The van der Waals surface area contributed by atoms with Crippen molar-refractivity contribution >= 4 is 57.2 Å². The molecular weight excluding hydrogens is 554 g/mol. The van der Waals surface area contributed by atoms with E-state index in [9.17, 15) is 20.1 Å². The number of nitriles is 2. The first-order valence-corrected chi connectivity index (χ1v) is 14.1. The molecule has 12 heteroatoms. The van der Waals surface area contributed by atoms with Crippen molar-refractivity contribution in [2.24, 2.45) is 5.73 Å². The Kier molecular flexibility index (Phi) is 7.66. The minimum Gasteiger partial charge on any atom is -0.384 e. The highest BCUT2D eigenvalue weighted by molar-refractivity contribution is 8.01. The summed E-state index contributed by atoms with van der Waals surface area (Å²) in [5, 5.41) is 31.5. The zero-order chi connectivity index (χ0) is 27.5. The minimum absolute atomic E-state index is 0.0417. The number of thioether (sulfide) groups is 1. The van der Waals surface area contributed by atoms with E-state index in [1.165, 1.54) is 23.1 Å². The van der Waals surface area contributed by atoms with Crippen LogP contribution in [0.25, 0.3) is 0 Å². The van der Waals surface area contributed by atoms with E-state index in [1.54, 1.807) is 47.4 Å². The van der Waals surface area contributed by atoms with E-state index < -0.39 is 5.92 Å². The van der Waals surface area contributed by atoms with Crippen LogP contribution in [0, 0.1) is 22.7 Å². The van der Waals surface area contributed by atoms with Crippen molar-refractivity contribution in [3.8, 4) is 12.1 Å². The van der Waals surface area contributed by atoms with Crippen molar-refractivity contribution in [2.45, 2.75) is 29.5 Å². The monoisotopic (exact) mass is 573 g/mol. The molecule has 0 radical (unpaired) electrons. The maximum atomic E-state index is 13.2. The molecule has 0 saturated heterocycles. The Balaban J connectivity index is 1.42. The van der Waals surface area contributed by atoms with Gasteiger partial charge in [-0.05, 0) is 42.7 Å². The molecule has 2 aliphatic rings. The van der Waals surface area contributed by atoms with E-state index in [-0.39, 0.29) is 28.8 Å². The fourth-order valence-electron chi connectivity index (χ4n) is 4.68. The van der Waals surface area contributed by atoms with E-state index in [0.29, 0.717) is 56.3 Å². The van der Waals surface area contributed by atoms with Gasteiger partial charge in [0, 0.05) is 22.7 Å². The van der Waals surface area contributed by atoms with Crippen LogP contribution < -0.4 is 16.0 Å². The fraction of sp³-hybridized carbons (Fsp3) is 0.185. The summed E-state index contributed by atoms with van der Waals surface area (Å²) < 4.78 is 0.515. The summed E-state index contributed by atoms with van der Waals surface area (Å²) in [6, 6.07) is 18.1. The summed E-state index contributed by atoms with van der Waals surface area (Å²) in [6.07, 6.45) is 1.61. The predicted molar refractivity (Wildman–Crippen MR) is 150 cm³/mol. The molecule has 2 heterocycles. The molecule has 2 aromatic carbocycles. The molecule has 0 saturated carbocycles. The minimum atomic E-state index is -0.616. The first-order chi connectivity index (χ1) is 18.9. The number of amides is 1. The van der Waals surface area contributed by atoms with E-state index in [4.69, 9.17) is 17.3 Å². The number of carbonyl (C=O) groups is 2. The summed E-state index contributed by atoms with van der Waals surface area (Å²) in [5.41, 5.74) is 9.57. The quantitative estimate of drug-likeness (QED) is 0.384. The number of ketones is 1. The SMILES string of the molecule is N#CC1=C(N)N(c2nnc(SCC(=O)Nc3ccccc3C#N)s2)C2=C(C(=O)CCC2)C1c1cccc(Cl)c1. The largest absolute Gasteiger partial charge is 0.384 e. The van der Waals surface area contributed by atoms with Gasteiger partial charge in [-0.25, -0.2) is 0 Å². The Morgan fingerprint density at radius 2 is 2.00 bits per heavy atom. The number of halogens is 1. The molecule has 1 unspecified atom stereocenters. The van der Waals surface area contributed by atoms with Crippen LogP contribution in [0.5, 0.6) is 0 Å². The molecule has 1 aromatic heterocycles. The number of Topliss-reactive ketones (excluding diaryl/α,β-unsaturated/α-hetero) is 1. The number of nitrogens with two attached hydrogens (primary N) is 1. The number of allylic oxidation sites excluding steroid dienone is 3. The van der Waals surface area contributed by atoms with Crippen LogP contribution >= 0.6 is 34.7 Å². The van der Waals surface area contributed by atoms with E-state index in [0.717, 1.165) is 5.56 Å². The second-order valence-electron chi connectivity index (χ2n) is 8.72. The van der Waals surface area contributed by atoms with Gasteiger partial charge in [-0.3, -0.25) is 14.5 Å². The number of carbonyl (C=O) groups excluding carboxylic acids is 2. The third-order valence-electron chi connectivity index (χ3n) is 6.33. The van der Waals surface area contributed by atoms with Crippen molar-refractivity contribution in [1.82, 2.24) is 10.2 Å². The Morgan fingerprint density at radius 3 is 2.77 bits per heavy atom. The maximum absolute atomic E-state index is 13.2. The molecule has 1 amide bonds. The first-order valence-electron chi connectivity index (χ1n) is 11.9. The van der Waals surface area contributed by atoms with E-state index >= 15 is 0 Å². The molecular formula is C27H20ClN7O2S2. The number of para-hydroxylation sites is 1. The van der Waals surface area contributed by atoms with Gasteiger partial charge < -0.3 is 11.1 Å². The Labute approximate surface area is 237 Å². The van der Waals surface area contributed by atoms with Crippen molar-refractivity contribution in [3.63, 3.8) is 0 Å². The molecule has 9 nitrogen and oxygen atoms in total. The first kappa shape index (κ1) is 26.4. The summed E-state index contributed by atoms with van der Waals surface area (Å²) in [6.45, 7) is 0. The van der Waals surface area contributed by atoms with E-state index in [1.807, 2.05) is 12.1 Å². The zero-order valence-corrected chi connectivity index (χ0v) is 22.7. The lowest BCUT2D eigenvalue weighted by Crippen LogP contribution is -2.38. The number of rotatable bonds is 6. The molecule has 1 aliphatic heterocycles. The average molecular weight is 574 g/mol. The Morgan fingerprint density at radius 1 is 1.18 bits per heavy atom. The summed E-state index contributed by atoms with van der Waals surface area (Å²) in [5.74, 6) is -0.716. The summed E-state index contributed by atoms with van der Waals surface area (Å²) >= 11 is 8.64. The highest BCUT2D eigenvalue weighted by atomic mass is 35.5. The van der Waals surface area contributed by atoms with Gasteiger partial charge in [-0.1, -0.05) is 59.0 Å². The lowest BCUT2D eigenvalue weighted by molar-refractivity contribution is -0.116. The normalized spacial score (nSPS) is 16.9. The molecule has 1 aliphatic carbocycles. The average Bonchev–Trinajstić information content (AvgIpc) is 3.40. The number of nitrogens with one attached hydrogen (secondary N) is 1. The number of nitrogens with zero attached hydrogens (tertiary/aromatic N) is 5. The maximum Gasteiger partial charge on any atom is 0.234 e. The Hall–Kier alpha value is -4.16. The van der Waals surface area contributed by atoms with Crippen LogP contribution in [0.4, 0.5) is 10.8 Å². The highest BCUT2D eigenvalue weighted by Crippen LogP contribution is 2.47. The topological polar surface area (TPSA) is 149 Å². The van der Waals surface area contributed by atoms with Gasteiger partial charge in [0.15, 0.2) is 10.1 Å². The fourth-order valence-corrected chi connectivity index (χ4v) is 6.56. The molecule has 0 spiro atoms. The van der Waals surface area contributed by atoms with Crippen LogP contribution in [0.15, 0.2) is 75.5 Å². The van der Waals surface area contributed by atoms with Gasteiger partial charge in [0.25, 0.3) is 0 Å². The van der Waals surface area contributed by atoms with Crippen molar-refractivity contribution in [3.05, 3.63) is 87.3 Å².